The van der Waals surface area contributed by atoms with Crippen molar-refractivity contribution in [3.05, 3.63) is 12.2 Å². The Morgan fingerprint density at radius 3 is 2.75 bits per heavy atom. The van der Waals surface area contributed by atoms with Gasteiger partial charge in [-0.3, -0.25) is 0 Å². The molecule has 0 spiro atoms. The molecule has 0 radical (unpaired) electrons. The van der Waals surface area contributed by atoms with Crippen molar-refractivity contribution in [2.45, 2.75) is 65.7 Å². The normalized spacial score (nSPS) is 38.2. The molecule has 2 saturated carbocycles. The standard InChI is InChI=1S/C16H28/c1-5-7-13-12(2)9-10-15-14(13)8-6-11-16(15,3)4/h13-15H,2,5-11H2,1,3-4H3. The minimum absolute atomic E-state index is 0.593. The number of rotatable bonds is 2. The summed E-state index contributed by atoms with van der Waals surface area (Å²) in [6, 6.07) is 0. The van der Waals surface area contributed by atoms with E-state index in [4.69, 9.17) is 0 Å². The van der Waals surface area contributed by atoms with E-state index in [2.05, 4.69) is 27.4 Å². The van der Waals surface area contributed by atoms with Crippen LogP contribution in [0.2, 0.25) is 0 Å². The van der Waals surface area contributed by atoms with Crippen LogP contribution in [0.3, 0.4) is 0 Å². The van der Waals surface area contributed by atoms with Gasteiger partial charge in [0.25, 0.3) is 0 Å². The molecule has 0 heteroatoms. The van der Waals surface area contributed by atoms with Crippen molar-refractivity contribution in [2.24, 2.45) is 23.2 Å². The second-order valence-corrected chi connectivity index (χ2v) is 6.74. The predicted molar refractivity (Wildman–Crippen MR) is 71.4 cm³/mol. The molecule has 0 aromatic carbocycles. The number of allylic oxidation sites excluding steroid dienone is 1. The summed E-state index contributed by atoms with van der Waals surface area (Å²) in [5.41, 5.74) is 2.16. The van der Waals surface area contributed by atoms with E-state index in [1.54, 1.807) is 5.57 Å². The molecule has 3 atom stereocenters. The number of hydrogen-bond donors (Lipinski definition) is 0. The minimum atomic E-state index is 0.593. The zero-order chi connectivity index (χ0) is 11.8. The van der Waals surface area contributed by atoms with Gasteiger partial charge in [-0.1, -0.05) is 45.8 Å². The van der Waals surface area contributed by atoms with Gasteiger partial charge in [-0.15, -0.1) is 0 Å². The highest BCUT2D eigenvalue weighted by Crippen LogP contribution is 2.54. The van der Waals surface area contributed by atoms with E-state index in [1.165, 1.54) is 44.9 Å². The molecule has 2 fully saturated rings. The Morgan fingerprint density at radius 1 is 1.31 bits per heavy atom. The fourth-order valence-corrected chi connectivity index (χ4v) is 4.40. The maximum atomic E-state index is 4.35. The van der Waals surface area contributed by atoms with Crippen molar-refractivity contribution >= 4 is 0 Å². The van der Waals surface area contributed by atoms with Crippen LogP contribution in [0.15, 0.2) is 12.2 Å². The minimum Gasteiger partial charge on any atom is -0.0996 e. The Hall–Kier alpha value is -0.260. The first-order valence-corrected chi connectivity index (χ1v) is 7.24. The van der Waals surface area contributed by atoms with Crippen LogP contribution in [0.1, 0.15) is 65.7 Å². The lowest BCUT2D eigenvalue weighted by Crippen LogP contribution is -2.41. The Bertz CT molecular complexity index is 261. The van der Waals surface area contributed by atoms with Gasteiger partial charge < -0.3 is 0 Å². The maximum Gasteiger partial charge on any atom is -0.0175 e. The maximum absolute atomic E-state index is 4.35. The summed E-state index contributed by atoms with van der Waals surface area (Å²) in [4.78, 5) is 0. The summed E-state index contributed by atoms with van der Waals surface area (Å²) in [5, 5.41) is 0. The van der Waals surface area contributed by atoms with Gasteiger partial charge in [-0.25, -0.2) is 0 Å². The van der Waals surface area contributed by atoms with Gasteiger partial charge >= 0.3 is 0 Å². The van der Waals surface area contributed by atoms with Crippen molar-refractivity contribution in [3.63, 3.8) is 0 Å². The molecule has 0 aromatic rings. The van der Waals surface area contributed by atoms with Crippen LogP contribution < -0.4 is 0 Å². The van der Waals surface area contributed by atoms with Crippen LogP contribution in [-0.4, -0.2) is 0 Å². The highest BCUT2D eigenvalue weighted by atomic mass is 14.5. The van der Waals surface area contributed by atoms with E-state index in [0.717, 1.165) is 17.8 Å². The summed E-state index contributed by atoms with van der Waals surface area (Å²) in [6.07, 6.45) is 9.79. The lowest BCUT2D eigenvalue weighted by atomic mass is 9.54. The summed E-state index contributed by atoms with van der Waals surface area (Å²) in [7, 11) is 0. The molecular formula is C16H28. The molecule has 0 aromatic heterocycles. The van der Waals surface area contributed by atoms with Gasteiger partial charge in [0.1, 0.15) is 0 Å². The van der Waals surface area contributed by atoms with Crippen molar-refractivity contribution in [2.75, 3.05) is 0 Å². The molecule has 16 heavy (non-hydrogen) atoms. The third-order valence-corrected chi connectivity index (χ3v) is 5.30. The topological polar surface area (TPSA) is 0 Å². The van der Waals surface area contributed by atoms with Gasteiger partial charge in [0.2, 0.25) is 0 Å². The molecule has 2 aliphatic rings. The van der Waals surface area contributed by atoms with Gasteiger partial charge in [0.15, 0.2) is 0 Å². The second-order valence-electron chi connectivity index (χ2n) is 6.74. The Kier molecular flexibility index (Phi) is 3.47. The zero-order valence-corrected chi connectivity index (χ0v) is 11.4. The summed E-state index contributed by atoms with van der Waals surface area (Å²) < 4.78 is 0. The van der Waals surface area contributed by atoms with Gasteiger partial charge in [-0.2, -0.15) is 0 Å². The predicted octanol–water partition coefficient (Wildman–Crippen LogP) is 5.20. The summed E-state index contributed by atoms with van der Waals surface area (Å²) in [6.45, 7) is 11.7. The van der Waals surface area contributed by atoms with Crippen LogP contribution in [0.5, 0.6) is 0 Å². The van der Waals surface area contributed by atoms with Crippen LogP contribution >= 0.6 is 0 Å². The Labute approximate surface area is 102 Å². The second kappa shape index (κ2) is 4.55. The molecule has 2 rings (SSSR count). The number of hydrogen-bond acceptors (Lipinski definition) is 0. The average molecular weight is 220 g/mol. The molecule has 2 aliphatic carbocycles. The fraction of sp³-hybridized carbons (Fsp3) is 0.875. The van der Waals surface area contributed by atoms with Gasteiger partial charge in [0, 0.05) is 0 Å². The van der Waals surface area contributed by atoms with Crippen molar-refractivity contribution in [1.29, 1.82) is 0 Å². The van der Waals surface area contributed by atoms with Crippen molar-refractivity contribution in [1.82, 2.24) is 0 Å². The molecule has 0 saturated heterocycles. The zero-order valence-electron chi connectivity index (χ0n) is 11.4. The monoisotopic (exact) mass is 220 g/mol. The van der Waals surface area contributed by atoms with Crippen LogP contribution in [0.25, 0.3) is 0 Å². The first-order chi connectivity index (χ1) is 7.56. The molecule has 0 heterocycles. The van der Waals surface area contributed by atoms with Crippen molar-refractivity contribution in [3.8, 4) is 0 Å². The molecular weight excluding hydrogens is 192 g/mol. The smallest absolute Gasteiger partial charge is 0.0175 e. The van der Waals surface area contributed by atoms with E-state index in [1.807, 2.05) is 0 Å². The summed E-state index contributed by atoms with van der Waals surface area (Å²) in [5.74, 6) is 2.79. The fourth-order valence-electron chi connectivity index (χ4n) is 4.40. The van der Waals surface area contributed by atoms with Gasteiger partial charge in [0.05, 0.1) is 0 Å². The quantitative estimate of drug-likeness (QED) is 0.561. The van der Waals surface area contributed by atoms with Crippen LogP contribution in [0.4, 0.5) is 0 Å². The molecule has 92 valence electrons. The Balaban J connectivity index is 2.17. The first-order valence-electron chi connectivity index (χ1n) is 7.24. The average Bonchev–Trinajstić information content (AvgIpc) is 2.22. The molecule has 3 unspecified atom stereocenters. The molecule has 0 N–H and O–H groups in total. The molecule has 0 bridgehead atoms. The largest absolute Gasteiger partial charge is 0.0996 e. The van der Waals surface area contributed by atoms with Crippen molar-refractivity contribution < 1.29 is 0 Å². The lowest BCUT2D eigenvalue weighted by molar-refractivity contribution is 0.0225. The number of fused-ring (bicyclic) bond motifs is 1. The van der Waals surface area contributed by atoms with Crippen LogP contribution in [0, 0.1) is 23.2 Å². The SMILES string of the molecule is C=C1CCC2C(CCCC2(C)C)C1CCC. The van der Waals surface area contributed by atoms with E-state index in [-0.39, 0.29) is 0 Å². The Morgan fingerprint density at radius 2 is 2.06 bits per heavy atom. The highest BCUT2D eigenvalue weighted by molar-refractivity contribution is 5.10. The lowest BCUT2D eigenvalue weighted by Gasteiger charge is -2.51. The molecule has 0 aliphatic heterocycles. The van der Waals surface area contributed by atoms with E-state index in [0.29, 0.717) is 5.41 Å². The third-order valence-electron chi connectivity index (χ3n) is 5.30. The highest BCUT2D eigenvalue weighted by Gasteiger charge is 2.44. The van der Waals surface area contributed by atoms with E-state index < -0.39 is 0 Å². The van der Waals surface area contributed by atoms with Crippen LogP contribution in [-0.2, 0) is 0 Å². The van der Waals surface area contributed by atoms with E-state index in [9.17, 15) is 0 Å². The molecule has 0 amide bonds. The third kappa shape index (κ3) is 2.08. The summed E-state index contributed by atoms with van der Waals surface area (Å²) >= 11 is 0. The van der Waals surface area contributed by atoms with E-state index >= 15 is 0 Å². The molecule has 0 nitrogen and oxygen atoms in total. The van der Waals surface area contributed by atoms with Gasteiger partial charge in [-0.05, 0) is 55.3 Å². The first kappa shape index (κ1) is 12.2.